The summed E-state index contributed by atoms with van der Waals surface area (Å²) in [7, 11) is 0. The number of ether oxygens (including phenoxy) is 1. The Morgan fingerprint density at radius 1 is 1.48 bits per heavy atom. The lowest BCUT2D eigenvalue weighted by Gasteiger charge is -2.09. The zero-order valence-electron chi connectivity index (χ0n) is 10.7. The number of nitrogens with zero attached hydrogens (tertiary/aromatic N) is 2. The summed E-state index contributed by atoms with van der Waals surface area (Å²) in [4.78, 5) is 3.51. The summed E-state index contributed by atoms with van der Waals surface area (Å²) in [5, 5.41) is 2.99. The molecular formula is C13H11F4N3O. The minimum Gasteiger partial charge on any atom is -0.466 e. The third kappa shape index (κ3) is 5.55. The van der Waals surface area contributed by atoms with Gasteiger partial charge in [-0.15, -0.1) is 0 Å². The van der Waals surface area contributed by atoms with Gasteiger partial charge in [0.05, 0.1) is 0 Å². The van der Waals surface area contributed by atoms with Crippen LogP contribution in [0, 0.1) is 11.3 Å². The molecule has 1 aromatic heterocycles. The van der Waals surface area contributed by atoms with Gasteiger partial charge < -0.3 is 4.74 Å². The van der Waals surface area contributed by atoms with E-state index in [1.54, 1.807) is 0 Å². The van der Waals surface area contributed by atoms with E-state index in [0.717, 1.165) is 12.3 Å². The standard InChI is InChI=1S/C13H11F4N3O/c1-2-9(4-3-5-20-18)10-6-11(14)12(19-7-10)21-8-13(15,16)17/h2-7,18H,1,8H2/b5-3+,9-4+,20-18?. The topological polar surface area (TPSA) is 58.3 Å². The van der Waals surface area contributed by atoms with E-state index in [-0.39, 0.29) is 0 Å². The average Bonchev–Trinajstić information content (AvgIpc) is 2.41. The summed E-state index contributed by atoms with van der Waals surface area (Å²) in [6.07, 6.45) is 2.11. The summed E-state index contributed by atoms with van der Waals surface area (Å²) in [6.45, 7) is 1.91. The average molecular weight is 301 g/mol. The van der Waals surface area contributed by atoms with Crippen molar-refractivity contribution >= 4 is 5.57 Å². The molecule has 4 nitrogen and oxygen atoms in total. The van der Waals surface area contributed by atoms with E-state index in [1.165, 1.54) is 24.4 Å². The molecule has 1 heterocycles. The first kappa shape index (κ1) is 16.5. The maximum atomic E-state index is 13.6. The second-order valence-electron chi connectivity index (χ2n) is 3.71. The largest absolute Gasteiger partial charge is 0.466 e. The highest BCUT2D eigenvalue weighted by Gasteiger charge is 2.29. The molecule has 112 valence electrons. The third-order valence-corrected chi connectivity index (χ3v) is 2.17. The van der Waals surface area contributed by atoms with Crippen molar-refractivity contribution in [2.75, 3.05) is 6.61 Å². The van der Waals surface area contributed by atoms with E-state index in [2.05, 4.69) is 21.4 Å². The van der Waals surface area contributed by atoms with Gasteiger partial charge in [0.15, 0.2) is 12.4 Å². The van der Waals surface area contributed by atoms with Crippen LogP contribution >= 0.6 is 0 Å². The zero-order valence-corrected chi connectivity index (χ0v) is 10.7. The molecular weight excluding hydrogens is 290 g/mol. The highest BCUT2D eigenvalue weighted by atomic mass is 19.4. The Hall–Kier alpha value is -2.51. The monoisotopic (exact) mass is 301 g/mol. The van der Waals surface area contributed by atoms with Crippen LogP contribution < -0.4 is 4.74 Å². The molecule has 0 aliphatic carbocycles. The molecule has 0 unspecified atom stereocenters. The number of alkyl halides is 3. The molecule has 0 saturated carbocycles. The summed E-state index contributed by atoms with van der Waals surface area (Å²) in [6, 6.07) is 0.984. The van der Waals surface area contributed by atoms with Gasteiger partial charge in [0.1, 0.15) is 0 Å². The molecule has 0 fully saturated rings. The molecule has 0 atom stereocenters. The number of hydrogen-bond acceptors (Lipinski definition) is 4. The van der Waals surface area contributed by atoms with Gasteiger partial charge in [0.2, 0.25) is 0 Å². The highest BCUT2D eigenvalue weighted by molar-refractivity contribution is 5.74. The van der Waals surface area contributed by atoms with Gasteiger partial charge in [-0.05, 0) is 17.7 Å². The second-order valence-corrected chi connectivity index (χ2v) is 3.71. The number of nitrogens with one attached hydrogen (secondary N) is 1. The van der Waals surface area contributed by atoms with Gasteiger partial charge in [-0.1, -0.05) is 18.7 Å². The van der Waals surface area contributed by atoms with E-state index in [9.17, 15) is 17.6 Å². The molecule has 0 saturated heterocycles. The first-order valence-corrected chi connectivity index (χ1v) is 5.58. The van der Waals surface area contributed by atoms with Gasteiger partial charge in [-0.3, -0.25) is 0 Å². The first-order valence-electron chi connectivity index (χ1n) is 5.58. The number of rotatable bonds is 6. The lowest BCUT2D eigenvalue weighted by molar-refractivity contribution is -0.154. The molecule has 0 radical (unpaired) electrons. The van der Waals surface area contributed by atoms with Gasteiger partial charge in [-0.25, -0.2) is 14.9 Å². The molecule has 1 N–H and O–H groups in total. The van der Waals surface area contributed by atoms with E-state index >= 15 is 0 Å². The minimum absolute atomic E-state index is 0.302. The third-order valence-electron chi connectivity index (χ3n) is 2.17. The Labute approximate surface area is 118 Å². The van der Waals surface area contributed by atoms with Crippen molar-refractivity contribution < 1.29 is 22.3 Å². The van der Waals surface area contributed by atoms with Crippen molar-refractivity contribution in [2.24, 2.45) is 5.11 Å². The number of allylic oxidation sites excluding steroid dienone is 4. The van der Waals surface area contributed by atoms with Crippen LogP contribution in [0.4, 0.5) is 17.6 Å². The maximum absolute atomic E-state index is 13.6. The Kier molecular flexibility index (Phi) is 5.77. The summed E-state index contributed by atoms with van der Waals surface area (Å²) in [5.41, 5.74) is 7.33. The number of aromatic nitrogens is 1. The van der Waals surface area contributed by atoms with Crippen LogP contribution in [0.5, 0.6) is 5.88 Å². The lowest BCUT2D eigenvalue weighted by atomic mass is 10.1. The van der Waals surface area contributed by atoms with Gasteiger partial charge >= 0.3 is 6.18 Å². The van der Waals surface area contributed by atoms with Gasteiger partial charge in [-0.2, -0.15) is 18.3 Å². The SMILES string of the molecule is C=C/C(=C\C=C\N=N)c1cnc(OCC(F)(F)F)c(F)c1. The van der Waals surface area contributed by atoms with E-state index in [0.29, 0.717) is 11.1 Å². The minimum atomic E-state index is -4.57. The van der Waals surface area contributed by atoms with Crippen molar-refractivity contribution in [2.45, 2.75) is 6.18 Å². The number of pyridine rings is 1. The molecule has 8 heteroatoms. The Balaban J connectivity index is 2.95. The zero-order chi connectivity index (χ0) is 15.9. The highest BCUT2D eigenvalue weighted by Crippen LogP contribution is 2.23. The van der Waals surface area contributed by atoms with Crippen LogP contribution in [0.2, 0.25) is 0 Å². The van der Waals surface area contributed by atoms with Crippen molar-refractivity contribution in [1.82, 2.24) is 4.98 Å². The lowest BCUT2D eigenvalue weighted by Crippen LogP contribution is -2.20. The van der Waals surface area contributed by atoms with Gasteiger partial charge in [0, 0.05) is 18.0 Å². The van der Waals surface area contributed by atoms with Crippen molar-refractivity contribution in [3.8, 4) is 5.88 Å². The molecule has 0 spiro atoms. The first-order chi connectivity index (χ1) is 9.87. The maximum Gasteiger partial charge on any atom is 0.422 e. The molecule has 0 amide bonds. The smallest absolute Gasteiger partial charge is 0.422 e. The number of hydrogen-bond donors (Lipinski definition) is 1. The fourth-order valence-electron chi connectivity index (χ4n) is 1.31. The summed E-state index contributed by atoms with van der Waals surface area (Å²) in [5.74, 6) is -1.74. The van der Waals surface area contributed by atoms with Crippen LogP contribution in [-0.2, 0) is 0 Å². The van der Waals surface area contributed by atoms with E-state index < -0.39 is 24.5 Å². The Morgan fingerprint density at radius 3 is 2.71 bits per heavy atom. The fraction of sp³-hybridized carbons (Fsp3) is 0.154. The van der Waals surface area contributed by atoms with E-state index in [4.69, 9.17) is 5.53 Å². The van der Waals surface area contributed by atoms with Crippen molar-refractivity contribution in [1.29, 1.82) is 5.53 Å². The quantitative estimate of drug-likeness (QED) is 0.484. The van der Waals surface area contributed by atoms with Crippen LogP contribution in [0.25, 0.3) is 5.57 Å². The van der Waals surface area contributed by atoms with Crippen molar-refractivity contribution in [3.05, 3.63) is 54.7 Å². The Bertz CT molecular complexity index is 579. The molecule has 0 aliphatic rings. The summed E-state index contributed by atoms with van der Waals surface area (Å²) < 4.78 is 53.8. The Morgan fingerprint density at radius 2 is 2.19 bits per heavy atom. The molecule has 1 rings (SSSR count). The fourth-order valence-corrected chi connectivity index (χ4v) is 1.31. The van der Waals surface area contributed by atoms with Crippen LogP contribution in [0.1, 0.15) is 5.56 Å². The molecule has 0 bridgehead atoms. The summed E-state index contributed by atoms with van der Waals surface area (Å²) >= 11 is 0. The van der Waals surface area contributed by atoms with Gasteiger partial charge in [0.25, 0.3) is 5.88 Å². The molecule has 21 heavy (non-hydrogen) atoms. The van der Waals surface area contributed by atoms with Crippen molar-refractivity contribution in [3.63, 3.8) is 0 Å². The normalized spacial score (nSPS) is 12.5. The van der Waals surface area contributed by atoms with E-state index in [1.807, 2.05) is 0 Å². The molecule has 1 aromatic rings. The molecule has 0 aliphatic heterocycles. The molecule has 0 aromatic carbocycles. The number of halogens is 4. The predicted octanol–water partition coefficient (Wildman–Crippen LogP) is 4.28. The van der Waals surface area contributed by atoms with Crippen LogP contribution in [0.3, 0.4) is 0 Å². The second kappa shape index (κ2) is 7.32. The van der Waals surface area contributed by atoms with Crippen LogP contribution in [0.15, 0.2) is 48.4 Å². The van der Waals surface area contributed by atoms with Crippen LogP contribution in [-0.4, -0.2) is 17.8 Å². The predicted molar refractivity (Wildman–Crippen MR) is 68.2 cm³/mol.